The van der Waals surface area contributed by atoms with Gasteiger partial charge in [0.05, 0.1) is 5.75 Å². The Bertz CT molecular complexity index is 261. The highest BCUT2D eigenvalue weighted by Crippen LogP contribution is 2.39. The number of sulfonamides is 1. The third-order valence-electron chi connectivity index (χ3n) is 2.43. The molecule has 6 heteroatoms. The Morgan fingerprint density at radius 2 is 1.93 bits per heavy atom. The van der Waals surface area contributed by atoms with Gasteiger partial charge in [-0.1, -0.05) is 40.9 Å². The minimum atomic E-state index is -3.23. The van der Waals surface area contributed by atoms with E-state index < -0.39 is 10.0 Å². The highest BCUT2D eigenvalue weighted by molar-refractivity contribution is 8.77. The van der Waals surface area contributed by atoms with E-state index in [9.17, 15) is 8.42 Å². The second-order valence-corrected chi connectivity index (χ2v) is 8.42. The van der Waals surface area contributed by atoms with Crippen molar-refractivity contribution in [3.63, 3.8) is 0 Å². The SMILES string of the molecule is NS(=O)(=O)CCCCCCC1CCSS1. The third kappa shape index (κ3) is 7.49. The predicted octanol–water partition coefficient (Wildman–Crippen LogP) is 2.38. The molecule has 90 valence electrons. The average molecular weight is 269 g/mol. The maximum absolute atomic E-state index is 10.6. The molecule has 0 aromatic rings. The lowest BCUT2D eigenvalue weighted by Gasteiger charge is -2.06. The van der Waals surface area contributed by atoms with E-state index in [-0.39, 0.29) is 5.75 Å². The van der Waals surface area contributed by atoms with Gasteiger partial charge in [-0.25, -0.2) is 13.6 Å². The van der Waals surface area contributed by atoms with Crippen molar-refractivity contribution >= 4 is 31.6 Å². The maximum Gasteiger partial charge on any atom is 0.209 e. The lowest BCUT2D eigenvalue weighted by Crippen LogP contribution is -2.16. The van der Waals surface area contributed by atoms with Crippen LogP contribution in [0.1, 0.15) is 38.5 Å². The van der Waals surface area contributed by atoms with Crippen LogP contribution >= 0.6 is 21.6 Å². The predicted molar refractivity (Wildman–Crippen MR) is 69.5 cm³/mol. The molecule has 0 aromatic carbocycles. The number of unbranched alkanes of at least 4 members (excludes halogenated alkanes) is 3. The first kappa shape index (κ1) is 13.7. The van der Waals surface area contributed by atoms with Crippen LogP contribution in [0.2, 0.25) is 0 Å². The summed E-state index contributed by atoms with van der Waals surface area (Å²) < 4.78 is 21.3. The van der Waals surface area contributed by atoms with Gasteiger partial charge in [0.2, 0.25) is 10.0 Å². The summed E-state index contributed by atoms with van der Waals surface area (Å²) in [5, 5.41) is 5.76. The van der Waals surface area contributed by atoms with Crippen LogP contribution in [-0.2, 0) is 10.0 Å². The van der Waals surface area contributed by atoms with Crippen LogP contribution in [0.15, 0.2) is 0 Å². The fourth-order valence-electron chi connectivity index (χ4n) is 1.59. The normalized spacial score (nSPS) is 22.1. The second-order valence-electron chi connectivity index (χ2n) is 3.90. The van der Waals surface area contributed by atoms with E-state index in [1.807, 2.05) is 21.6 Å². The summed E-state index contributed by atoms with van der Waals surface area (Å²) in [5.41, 5.74) is 0. The molecule has 15 heavy (non-hydrogen) atoms. The lowest BCUT2D eigenvalue weighted by atomic mass is 10.1. The highest BCUT2D eigenvalue weighted by atomic mass is 33.1. The molecule has 2 N–H and O–H groups in total. The Morgan fingerprint density at radius 1 is 1.20 bits per heavy atom. The summed E-state index contributed by atoms with van der Waals surface area (Å²) in [6, 6.07) is 0. The molecule has 1 atom stereocenters. The van der Waals surface area contributed by atoms with Crippen LogP contribution in [0.5, 0.6) is 0 Å². The van der Waals surface area contributed by atoms with Gasteiger partial charge in [-0.3, -0.25) is 0 Å². The fourth-order valence-corrected chi connectivity index (χ4v) is 5.23. The molecule has 1 aliphatic heterocycles. The Kier molecular flexibility index (Phi) is 6.42. The van der Waals surface area contributed by atoms with Crippen molar-refractivity contribution in [2.75, 3.05) is 11.5 Å². The molecule has 3 nitrogen and oxygen atoms in total. The largest absolute Gasteiger partial charge is 0.229 e. The monoisotopic (exact) mass is 269 g/mol. The molecule has 0 amide bonds. The highest BCUT2D eigenvalue weighted by Gasteiger charge is 2.15. The van der Waals surface area contributed by atoms with Crippen molar-refractivity contribution in [3.8, 4) is 0 Å². The van der Waals surface area contributed by atoms with E-state index in [2.05, 4.69) is 0 Å². The topological polar surface area (TPSA) is 60.2 Å². The van der Waals surface area contributed by atoms with Gasteiger partial charge in [-0.15, -0.1) is 0 Å². The second kappa shape index (κ2) is 7.04. The van der Waals surface area contributed by atoms with Crippen molar-refractivity contribution in [1.29, 1.82) is 0 Å². The number of nitrogens with two attached hydrogens (primary N) is 1. The zero-order chi connectivity index (χ0) is 11.1. The van der Waals surface area contributed by atoms with Crippen LogP contribution < -0.4 is 5.14 Å². The molecule has 1 heterocycles. The minimum Gasteiger partial charge on any atom is -0.229 e. The number of rotatable bonds is 7. The number of hydrogen-bond donors (Lipinski definition) is 1. The summed E-state index contributed by atoms with van der Waals surface area (Å²) in [6.45, 7) is 0. The smallest absolute Gasteiger partial charge is 0.209 e. The molecule has 1 unspecified atom stereocenters. The van der Waals surface area contributed by atoms with E-state index in [1.54, 1.807) is 0 Å². The van der Waals surface area contributed by atoms with E-state index in [0.717, 1.165) is 18.1 Å². The number of hydrogen-bond acceptors (Lipinski definition) is 4. The van der Waals surface area contributed by atoms with Crippen LogP contribution in [0.3, 0.4) is 0 Å². The Balaban J connectivity index is 1.89. The molecule has 0 saturated carbocycles. The zero-order valence-electron chi connectivity index (χ0n) is 8.85. The Labute approximate surface area is 100 Å². The quantitative estimate of drug-likeness (QED) is 0.569. The van der Waals surface area contributed by atoms with Crippen LogP contribution in [0, 0.1) is 0 Å². The molecule has 0 bridgehead atoms. The first-order chi connectivity index (χ1) is 7.08. The molecule has 1 fully saturated rings. The van der Waals surface area contributed by atoms with E-state index in [0.29, 0.717) is 6.42 Å². The lowest BCUT2D eigenvalue weighted by molar-refractivity contribution is 0.583. The minimum absolute atomic E-state index is 0.140. The summed E-state index contributed by atoms with van der Waals surface area (Å²) >= 11 is 0. The average Bonchev–Trinajstić information content (AvgIpc) is 2.61. The van der Waals surface area contributed by atoms with Gasteiger partial charge < -0.3 is 0 Å². The van der Waals surface area contributed by atoms with Crippen molar-refractivity contribution < 1.29 is 8.42 Å². The molecule has 0 aromatic heterocycles. The molecular weight excluding hydrogens is 250 g/mol. The van der Waals surface area contributed by atoms with Gasteiger partial charge >= 0.3 is 0 Å². The van der Waals surface area contributed by atoms with Crippen molar-refractivity contribution in [2.45, 2.75) is 43.8 Å². The molecule has 1 aliphatic rings. The molecule has 1 saturated heterocycles. The first-order valence-electron chi connectivity index (χ1n) is 5.37. The Morgan fingerprint density at radius 3 is 2.53 bits per heavy atom. The van der Waals surface area contributed by atoms with E-state index in [4.69, 9.17) is 5.14 Å². The summed E-state index contributed by atoms with van der Waals surface area (Å²) in [5.74, 6) is 1.43. The molecule has 0 radical (unpaired) electrons. The standard InChI is InChI=1S/C9H19NO2S3/c10-15(11,12)8-4-2-1-3-5-9-6-7-13-14-9/h9H,1-8H2,(H2,10,11,12). The Hall–Kier alpha value is 0.610. The molecule has 0 spiro atoms. The summed E-state index contributed by atoms with van der Waals surface area (Å²) in [6.07, 6.45) is 6.69. The van der Waals surface area contributed by atoms with Crippen LogP contribution in [0.4, 0.5) is 0 Å². The first-order valence-corrected chi connectivity index (χ1v) is 9.46. The van der Waals surface area contributed by atoms with Crippen LogP contribution in [-0.4, -0.2) is 25.2 Å². The van der Waals surface area contributed by atoms with Gasteiger partial charge in [-0.05, 0) is 19.3 Å². The molecule has 0 aliphatic carbocycles. The third-order valence-corrected chi connectivity index (χ3v) is 6.30. The molecular formula is C9H19NO2S3. The van der Waals surface area contributed by atoms with Crippen molar-refractivity contribution in [2.24, 2.45) is 5.14 Å². The van der Waals surface area contributed by atoms with E-state index >= 15 is 0 Å². The van der Waals surface area contributed by atoms with E-state index in [1.165, 1.54) is 25.0 Å². The molecule has 1 rings (SSSR count). The van der Waals surface area contributed by atoms with Crippen molar-refractivity contribution in [3.05, 3.63) is 0 Å². The summed E-state index contributed by atoms with van der Waals surface area (Å²) in [7, 11) is 0.751. The maximum atomic E-state index is 10.6. The number of primary sulfonamides is 1. The van der Waals surface area contributed by atoms with Gasteiger partial charge in [-0.2, -0.15) is 0 Å². The van der Waals surface area contributed by atoms with Crippen LogP contribution in [0.25, 0.3) is 0 Å². The van der Waals surface area contributed by atoms with Gasteiger partial charge in [0.15, 0.2) is 0 Å². The van der Waals surface area contributed by atoms with Crippen molar-refractivity contribution in [1.82, 2.24) is 0 Å². The van der Waals surface area contributed by atoms with Gasteiger partial charge in [0.1, 0.15) is 0 Å². The van der Waals surface area contributed by atoms with Gasteiger partial charge in [0.25, 0.3) is 0 Å². The zero-order valence-corrected chi connectivity index (χ0v) is 11.3. The summed E-state index contributed by atoms with van der Waals surface area (Å²) in [4.78, 5) is 0. The van der Waals surface area contributed by atoms with Gasteiger partial charge in [0, 0.05) is 11.0 Å². The fraction of sp³-hybridized carbons (Fsp3) is 1.00.